The SMILES string of the molecule is CCC(CNC(=O)OC(C)(C)C)(Cc1ccccc1N)C(=O)O. The topological polar surface area (TPSA) is 102 Å². The van der Waals surface area contributed by atoms with Crippen LogP contribution in [0.15, 0.2) is 24.3 Å². The minimum Gasteiger partial charge on any atom is -0.481 e. The van der Waals surface area contributed by atoms with Gasteiger partial charge in [0.1, 0.15) is 5.60 Å². The van der Waals surface area contributed by atoms with Crippen molar-refractivity contribution in [3.05, 3.63) is 29.8 Å². The average Bonchev–Trinajstić information content (AvgIpc) is 2.43. The number of nitrogens with one attached hydrogen (secondary N) is 1. The van der Waals surface area contributed by atoms with Crippen LogP contribution in [0, 0.1) is 5.41 Å². The lowest BCUT2D eigenvalue weighted by Gasteiger charge is -2.29. The van der Waals surface area contributed by atoms with E-state index in [-0.39, 0.29) is 13.0 Å². The van der Waals surface area contributed by atoms with Crippen molar-refractivity contribution in [1.29, 1.82) is 0 Å². The molecule has 0 aromatic heterocycles. The van der Waals surface area contributed by atoms with Crippen molar-refractivity contribution in [3.8, 4) is 0 Å². The Bertz CT molecular complexity index is 566. The highest BCUT2D eigenvalue weighted by Gasteiger charge is 2.38. The van der Waals surface area contributed by atoms with Crippen LogP contribution in [-0.4, -0.2) is 29.3 Å². The average molecular weight is 322 g/mol. The Balaban J connectivity index is 2.89. The molecule has 1 amide bonds. The van der Waals surface area contributed by atoms with E-state index in [1.807, 2.05) is 6.07 Å². The largest absolute Gasteiger partial charge is 0.481 e. The number of para-hydroxylation sites is 1. The smallest absolute Gasteiger partial charge is 0.407 e. The molecule has 0 radical (unpaired) electrons. The van der Waals surface area contributed by atoms with Gasteiger partial charge in [0, 0.05) is 12.2 Å². The van der Waals surface area contributed by atoms with Crippen LogP contribution in [0.3, 0.4) is 0 Å². The Morgan fingerprint density at radius 3 is 2.35 bits per heavy atom. The number of carbonyl (C=O) groups excluding carboxylic acids is 1. The second kappa shape index (κ2) is 7.35. The molecule has 0 spiro atoms. The van der Waals surface area contributed by atoms with E-state index in [0.29, 0.717) is 12.1 Å². The molecule has 0 aliphatic carbocycles. The highest BCUT2D eigenvalue weighted by Crippen LogP contribution is 2.29. The van der Waals surface area contributed by atoms with E-state index in [4.69, 9.17) is 10.5 Å². The molecule has 0 saturated heterocycles. The van der Waals surface area contributed by atoms with Gasteiger partial charge < -0.3 is 20.9 Å². The third-order valence-corrected chi connectivity index (χ3v) is 3.68. The number of hydrogen-bond acceptors (Lipinski definition) is 4. The zero-order valence-corrected chi connectivity index (χ0v) is 14.2. The zero-order valence-electron chi connectivity index (χ0n) is 14.2. The molecule has 0 aliphatic heterocycles. The highest BCUT2D eigenvalue weighted by molar-refractivity contribution is 5.77. The summed E-state index contributed by atoms with van der Waals surface area (Å²) in [5.74, 6) is -0.973. The number of rotatable bonds is 6. The van der Waals surface area contributed by atoms with E-state index in [2.05, 4.69) is 5.32 Å². The summed E-state index contributed by atoms with van der Waals surface area (Å²) in [7, 11) is 0. The van der Waals surface area contributed by atoms with E-state index in [1.165, 1.54) is 0 Å². The van der Waals surface area contributed by atoms with Crippen LogP contribution in [0.4, 0.5) is 10.5 Å². The van der Waals surface area contributed by atoms with Gasteiger partial charge >= 0.3 is 12.1 Å². The Morgan fingerprint density at radius 1 is 1.26 bits per heavy atom. The van der Waals surface area contributed by atoms with Gasteiger partial charge in [-0.3, -0.25) is 4.79 Å². The Morgan fingerprint density at radius 2 is 1.87 bits per heavy atom. The predicted octanol–water partition coefficient (Wildman–Crippen LogP) is 2.82. The van der Waals surface area contributed by atoms with Crippen LogP contribution < -0.4 is 11.1 Å². The first-order valence-electron chi connectivity index (χ1n) is 7.63. The number of benzene rings is 1. The number of hydrogen-bond donors (Lipinski definition) is 3. The van der Waals surface area contributed by atoms with Crippen molar-refractivity contribution in [1.82, 2.24) is 5.32 Å². The fourth-order valence-electron chi connectivity index (χ4n) is 2.23. The summed E-state index contributed by atoms with van der Waals surface area (Å²) in [4.78, 5) is 23.6. The van der Waals surface area contributed by atoms with Crippen LogP contribution in [0.1, 0.15) is 39.7 Å². The molecule has 4 N–H and O–H groups in total. The minimum absolute atomic E-state index is 0.0257. The highest BCUT2D eigenvalue weighted by atomic mass is 16.6. The maximum Gasteiger partial charge on any atom is 0.407 e. The summed E-state index contributed by atoms with van der Waals surface area (Å²) >= 11 is 0. The van der Waals surface area contributed by atoms with E-state index >= 15 is 0 Å². The van der Waals surface area contributed by atoms with Crippen LogP contribution in [0.5, 0.6) is 0 Å². The number of anilines is 1. The molecule has 6 heteroatoms. The zero-order chi connectivity index (χ0) is 17.7. The summed E-state index contributed by atoms with van der Waals surface area (Å²) in [6.45, 7) is 7.01. The van der Waals surface area contributed by atoms with E-state index in [1.54, 1.807) is 45.9 Å². The number of carboxylic acid groups (broad SMARTS) is 1. The van der Waals surface area contributed by atoms with Crippen LogP contribution >= 0.6 is 0 Å². The molecule has 1 rings (SSSR count). The molecule has 128 valence electrons. The number of aliphatic carboxylic acids is 1. The van der Waals surface area contributed by atoms with Crippen molar-refractivity contribution in [3.63, 3.8) is 0 Å². The molecule has 0 aliphatic rings. The third kappa shape index (κ3) is 5.47. The van der Waals surface area contributed by atoms with Gasteiger partial charge in [0.05, 0.1) is 5.41 Å². The number of carboxylic acids is 1. The summed E-state index contributed by atoms with van der Waals surface area (Å²) in [5, 5.41) is 12.3. The van der Waals surface area contributed by atoms with Crippen molar-refractivity contribution in [2.24, 2.45) is 5.41 Å². The summed E-state index contributed by atoms with van der Waals surface area (Å²) in [6.07, 6.45) is -0.0362. The second-order valence-electron chi connectivity index (χ2n) is 6.67. The van der Waals surface area contributed by atoms with Gasteiger partial charge in [-0.05, 0) is 45.2 Å². The van der Waals surface area contributed by atoms with Crippen molar-refractivity contribution in [2.45, 2.75) is 46.1 Å². The van der Waals surface area contributed by atoms with Gasteiger partial charge in [-0.1, -0.05) is 25.1 Å². The lowest BCUT2D eigenvalue weighted by molar-refractivity contribution is -0.148. The molecule has 0 bridgehead atoms. The molecular weight excluding hydrogens is 296 g/mol. The van der Waals surface area contributed by atoms with Gasteiger partial charge in [0.15, 0.2) is 0 Å². The number of alkyl carbamates (subject to hydrolysis) is 1. The fraction of sp³-hybridized carbons (Fsp3) is 0.529. The number of ether oxygens (including phenoxy) is 1. The molecule has 6 nitrogen and oxygen atoms in total. The van der Waals surface area contributed by atoms with E-state index < -0.39 is 23.1 Å². The molecule has 1 atom stereocenters. The fourth-order valence-corrected chi connectivity index (χ4v) is 2.23. The van der Waals surface area contributed by atoms with Crippen LogP contribution in [0.25, 0.3) is 0 Å². The molecule has 0 saturated carbocycles. The lowest BCUT2D eigenvalue weighted by atomic mass is 9.78. The maximum atomic E-state index is 11.8. The number of carbonyl (C=O) groups is 2. The van der Waals surface area contributed by atoms with Crippen molar-refractivity contribution >= 4 is 17.7 Å². The van der Waals surface area contributed by atoms with Crippen molar-refractivity contribution < 1.29 is 19.4 Å². The molecule has 1 aromatic rings. The quantitative estimate of drug-likeness (QED) is 0.699. The summed E-state index contributed by atoms with van der Waals surface area (Å²) in [6, 6.07) is 7.15. The molecule has 0 heterocycles. The van der Waals surface area contributed by atoms with E-state index in [0.717, 1.165) is 5.56 Å². The predicted molar refractivity (Wildman–Crippen MR) is 89.2 cm³/mol. The van der Waals surface area contributed by atoms with Gasteiger partial charge in [-0.15, -0.1) is 0 Å². The molecule has 0 fully saturated rings. The summed E-state index contributed by atoms with van der Waals surface area (Å²) in [5.41, 5.74) is 5.45. The van der Waals surface area contributed by atoms with Gasteiger partial charge in [-0.2, -0.15) is 0 Å². The summed E-state index contributed by atoms with van der Waals surface area (Å²) < 4.78 is 5.16. The Hall–Kier alpha value is -2.24. The third-order valence-electron chi connectivity index (χ3n) is 3.68. The van der Waals surface area contributed by atoms with Crippen LogP contribution in [0.2, 0.25) is 0 Å². The molecule has 23 heavy (non-hydrogen) atoms. The number of nitrogen functional groups attached to an aromatic ring is 1. The first-order chi connectivity index (χ1) is 10.6. The Kier molecular flexibility index (Phi) is 6.01. The first kappa shape index (κ1) is 18.8. The maximum absolute atomic E-state index is 11.8. The van der Waals surface area contributed by atoms with Gasteiger partial charge in [0.2, 0.25) is 0 Å². The monoisotopic (exact) mass is 322 g/mol. The van der Waals surface area contributed by atoms with Crippen molar-refractivity contribution in [2.75, 3.05) is 12.3 Å². The lowest BCUT2D eigenvalue weighted by Crippen LogP contribution is -2.45. The van der Waals surface area contributed by atoms with Crippen LogP contribution in [-0.2, 0) is 16.0 Å². The second-order valence-corrected chi connectivity index (χ2v) is 6.67. The molecular formula is C17H26N2O4. The van der Waals surface area contributed by atoms with E-state index in [9.17, 15) is 14.7 Å². The minimum atomic E-state index is -1.13. The molecule has 1 unspecified atom stereocenters. The number of amides is 1. The van der Waals surface area contributed by atoms with Gasteiger partial charge in [0.25, 0.3) is 0 Å². The normalized spacial score (nSPS) is 13.9. The standard InChI is InChI=1S/C17H26N2O4/c1-5-17(14(20)21,10-12-8-6-7-9-13(12)18)11-19-15(22)23-16(2,3)4/h6-9H,5,10-11,18H2,1-4H3,(H,19,22)(H,20,21). The Labute approximate surface area is 137 Å². The molecule has 1 aromatic carbocycles. The number of nitrogens with two attached hydrogens (primary N) is 1. The first-order valence-corrected chi connectivity index (χ1v) is 7.63. The van der Waals surface area contributed by atoms with Gasteiger partial charge in [-0.25, -0.2) is 4.79 Å².